The first-order chi connectivity index (χ1) is 9.98. The molecule has 0 radical (unpaired) electrons. The van der Waals surface area contributed by atoms with Gasteiger partial charge in [-0.15, -0.1) is 5.10 Å². The summed E-state index contributed by atoms with van der Waals surface area (Å²) in [5, 5.41) is 8.17. The lowest BCUT2D eigenvalue weighted by Gasteiger charge is -2.17. The standard InChI is InChI=1S/C12H12Cl2N4O2S/c13-9-1-2-11(14)12(7-9)21(19,20)17-5-3-10(8-17)18-6-4-15-16-18/h1-2,4,6-7,10H,3,5,8H2. The maximum absolute atomic E-state index is 12.7. The molecule has 0 saturated carbocycles. The molecule has 2 aromatic rings. The van der Waals surface area contributed by atoms with Gasteiger partial charge in [-0.3, -0.25) is 0 Å². The number of halogens is 2. The molecule has 1 fully saturated rings. The summed E-state index contributed by atoms with van der Waals surface area (Å²) in [5.41, 5.74) is 0. The molecule has 6 nitrogen and oxygen atoms in total. The van der Waals surface area contributed by atoms with E-state index in [1.807, 2.05) is 0 Å². The van der Waals surface area contributed by atoms with Crippen LogP contribution in [0.4, 0.5) is 0 Å². The number of nitrogens with zero attached hydrogens (tertiary/aromatic N) is 4. The van der Waals surface area contributed by atoms with Crippen molar-refractivity contribution in [2.24, 2.45) is 0 Å². The van der Waals surface area contributed by atoms with Gasteiger partial charge >= 0.3 is 0 Å². The highest BCUT2D eigenvalue weighted by atomic mass is 35.5. The first-order valence-corrected chi connectivity index (χ1v) is 8.49. The van der Waals surface area contributed by atoms with Crippen LogP contribution in [-0.4, -0.2) is 40.8 Å². The van der Waals surface area contributed by atoms with Crippen LogP contribution in [0.1, 0.15) is 12.5 Å². The largest absolute Gasteiger partial charge is 0.248 e. The molecular weight excluding hydrogens is 335 g/mol. The van der Waals surface area contributed by atoms with Gasteiger partial charge in [0.2, 0.25) is 10.0 Å². The van der Waals surface area contributed by atoms with Crippen molar-refractivity contribution in [2.45, 2.75) is 17.4 Å². The Balaban J connectivity index is 1.88. The van der Waals surface area contributed by atoms with Gasteiger partial charge in [0.1, 0.15) is 4.90 Å². The topological polar surface area (TPSA) is 68.1 Å². The predicted molar refractivity (Wildman–Crippen MR) is 78.9 cm³/mol. The Kier molecular flexibility index (Phi) is 3.92. The highest BCUT2D eigenvalue weighted by Crippen LogP contribution is 2.31. The molecule has 112 valence electrons. The average molecular weight is 347 g/mol. The lowest BCUT2D eigenvalue weighted by molar-refractivity contribution is 0.428. The normalized spacial score (nSPS) is 20.0. The number of aromatic nitrogens is 3. The molecule has 1 atom stereocenters. The number of hydrogen-bond donors (Lipinski definition) is 0. The molecule has 0 aliphatic carbocycles. The minimum absolute atomic E-state index is 0.0137. The summed E-state index contributed by atoms with van der Waals surface area (Å²) in [6, 6.07) is 4.41. The van der Waals surface area contributed by atoms with Gasteiger partial charge in [-0.1, -0.05) is 28.4 Å². The fourth-order valence-corrected chi connectivity index (χ4v) is 4.60. The van der Waals surface area contributed by atoms with Crippen LogP contribution in [0.15, 0.2) is 35.5 Å². The van der Waals surface area contributed by atoms with E-state index in [1.165, 1.54) is 16.4 Å². The summed E-state index contributed by atoms with van der Waals surface area (Å²) in [6.07, 6.45) is 3.99. The van der Waals surface area contributed by atoms with Crippen molar-refractivity contribution >= 4 is 33.2 Å². The molecule has 1 aromatic carbocycles. The predicted octanol–water partition coefficient (Wildman–Crippen LogP) is 2.22. The Morgan fingerprint density at radius 2 is 2.10 bits per heavy atom. The minimum Gasteiger partial charge on any atom is -0.248 e. The smallest absolute Gasteiger partial charge is 0.244 e. The molecule has 1 saturated heterocycles. The second kappa shape index (κ2) is 5.57. The molecule has 1 aromatic heterocycles. The third-order valence-corrected chi connectivity index (χ3v) is 6.03. The van der Waals surface area contributed by atoms with E-state index in [2.05, 4.69) is 10.3 Å². The zero-order valence-corrected chi connectivity index (χ0v) is 13.2. The summed E-state index contributed by atoms with van der Waals surface area (Å²) < 4.78 is 28.4. The maximum atomic E-state index is 12.7. The molecule has 0 N–H and O–H groups in total. The molecule has 1 aliphatic rings. The first kappa shape index (κ1) is 14.8. The van der Waals surface area contributed by atoms with E-state index in [-0.39, 0.29) is 16.0 Å². The Labute approximate surface area is 132 Å². The van der Waals surface area contributed by atoms with Crippen molar-refractivity contribution in [3.63, 3.8) is 0 Å². The zero-order chi connectivity index (χ0) is 15.0. The summed E-state index contributed by atoms with van der Waals surface area (Å²) in [7, 11) is -3.66. The van der Waals surface area contributed by atoms with E-state index in [0.717, 1.165) is 0 Å². The van der Waals surface area contributed by atoms with Crippen LogP contribution in [0.25, 0.3) is 0 Å². The van der Waals surface area contributed by atoms with Gasteiger partial charge < -0.3 is 0 Å². The molecule has 1 unspecified atom stereocenters. The van der Waals surface area contributed by atoms with E-state index >= 15 is 0 Å². The lowest BCUT2D eigenvalue weighted by atomic mass is 10.3. The second-order valence-electron chi connectivity index (χ2n) is 4.76. The highest BCUT2D eigenvalue weighted by molar-refractivity contribution is 7.89. The van der Waals surface area contributed by atoms with Crippen molar-refractivity contribution in [3.8, 4) is 0 Å². The molecule has 0 amide bonds. The van der Waals surface area contributed by atoms with Crippen molar-refractivity contribution in [3.05, 3.63) is 40.6 Å². The van der Waals surface area contributed by atoms with Gasteiger partial charge in [0.25, 0.3) is 0 Å². The van der Waals surface area contributed by atoms with Crippen molar-refractivity contribution in [1.82, 2.24) is 19.3 Å². The van der Waals surface area contributed by atoms with E-state index in [4.69, 9.17) is 23.2 Å². The summed E-state index contributed by atoms with van der Waals surface area (Å²) in [5.74, 6) is 0. The highest BCUT2D eigenvalue weighted by Gasteiger charge is 2.34. The van der Waals surface area contributed by atoms with Gasteiger partial charge in [0, 0.05) is 24.3 Å². The van der Waals surface area contributed by atoms with E-state index in [9.17, 15) is 8.42 Å². The second-order valence-corrected chi connectivity index (χ2v) is 7.51. The maximum Gasteiger partial charge on any atom is 0.244 e. The number of sulfonamides is 1. The monoisotopic (exact) mass is 346 g/mol. The molecule has 0 bridgehead atoms. The van der Waals surface area contributed by atoms with Gasteiger partial charge in [0.05, 0.1) is 17.3 Å². The van der Waals surface area contributed by atoms with Crippen LogP contribution < -0.4 is 0 Å². The average Bonchev–Trinajstić information content (AvgIpc) is 3.11. The molecular formula is C12H12Cl2N4O2S. The number of hydrogen-bond acceptors (Lipinski definition) is 4. The Hall–Kier alpha value is -1.15. The van der Waals surface area contributed by atoms with Gasteiger partial charge in [-0.2, -0.15) is 4.31 Å². The fraction of sp³-hybridized carbons (Fsp3) is 0.333. The molecule has 2 heterocycles. The molecule has 3 rings (SSSR count). The minimum atomic E-state index is -3.66. The van der Waals surface area contributed by atoms with Gasteiger partial charge in [0.15, 0.2) is 0 Å². The van der Waals surface area contributed by atoms with Crippen molar-refractivity contribution in [2.75, 3.05) is 13.1 Å². The van der Waals surface area contributed by atoms with Crippen LogP contribution >= 0.6 is 23.2 Å². The quantitative estimate of drug-likeness (QED) is 0.854. The van der Waals surface area contributed by atoms with E-state index in [0.29, 0.717) is 24.5 Å². The van der Waals surface area contributed by atoms with Crippen molar-refractivity contribution < 1.29 is 8.42 Å². The lowest BCUT2D eigenvalue weighted by Crippen LogP contribution is -2.29. The third kappa shape index (κ3) is 2.78. The summed E-state index contributed by atoms with van der Waals surface area (Å²) in [4.78, 5) is 0.0379. The van der Waals surface area contributed by atoms with Gasteiger partial charge in [-0.05, 0) is 24.6 Å². The Bertz CT molecular complexity index is 749. The van der Waals surface area contributed by atoms with Crippen LogP contribution in [0, 0.1) is 0 Å². The summed E-state index contributed by atoms with van der Waals surface area (Å²) in [6.45, 7) is 0.754. The SMILES string of the molecule is O=S(=O)(c1cc(Cl)ccc1Cl)N1CCC(n2ccnn2)C1. The Morgan fingerprint density at radius 1 is 1.29 bits per heavy atom. The number of benzene rings is 1. The molecule has 1 aliphatic heterocycles. The van der Waals surface area contributed by atoms with Crippen molar-refractivity contribution in [1.29, 1.82) is 0 Å². The zero-order valence-electron chi connectivity index (χ0n) is 10.9. The summed E-state index contributed by atoms with van der Waals surface area (Å²) >= 11 is 11.9. The van der Waals surface area contributed by atoms with E-state index < -0.39 is 10.0 Å². The van der Waals surface area contributed by atoms with Gasteiger partial charge in [-0.25, -0.2) is 13.1 Å². The molecule has 0 spiro atoms. The molecule has 21 heavy (non-hydrogen) atoms. The molecule has 9 heteroatoms. The Morgan fingerprint density at radius 3 is 2.81 bits per heavy atom. The van der Waals surface area contributed by atoms with E-state index in [1.54, 1.807) is 23.1 Å². The third-order valence-electron chi connectivity index (χ3n) is 3.45. The van der Waals surface area contributed by atoms with Crippen LogP contribution in [-0.2, 0) is 10.0 Å². The number of rotatable bonds is 3. The van der Waals surface area contributed by atoms with Crippen LogP contribution in [0.3, 0.4) is 0 Å². The first-order valence-electron chi connectivity index (χ1n) is 6.29. The van der Waals surface area contributed by atoms with Crippen LogP contribution in [0.5, 0.6) is 0 Å². The van der Waals surface area contributed by atoms with Crippen LogP contribution in [0.2, 0.25) is 10.0 Å². The fourth-order valence-electron chi connectivity index (χ4n) is 2.37.